The molecular weight excluding hydrogens is 348 g/mol. The fraction of sp³-hybridized carbons (Fsp3) is 0.565. The van der Waals surface area contributed by atoms with Gasteiger partial charge in [0.2, 0.25) is 0 Å². The van der Waals surface area contributed by atoms with Gasteiger partial charge >= 0.3 is 0 Å². The van der Waals surface area contributed by atoms with Crippen molar-refractivity contribution < 1.29 is 4.79 Å². The summed E-state index contributed by atoms with van der Waals surface area (Å²) < 4.78 is 2.04. The molecule has 0 saturated carbocycles. The second-order valence-corrected chi connectivity index (χ2v) is 8.55. The molecule has 1 saturated heterocycles. The third-order valence-corrected chi connectivity index (χ3v) is 6.08. The summed E-state index contributed by atoms with van der Waals surface area (Å²) in [6.45, 7) is 13.8. The molecule has 1 aliphatic heterocycles. The van der Waals surface area contributed by atoms with Crippen molar-refractivity contribution in [2.75, 3.05) is 19.6 Å². The number of likely N-dealkylation sites (tertiary alicyclic amines) is 1. The van der Waals surface area contributed by atoms with Crippen LogP contribution in [0.1, 0.15) is 55.4 Å². The Kier molecular flexibility index (Phi) is 6.55. The van der Waals surface area contributed by atoms with E-state index in [4.69, 9.17) is 0 Å². The highest BCUT2D eigenvalue weighted by atomic mass is 16.1. The van der Waals surface area contributed by atoms with E-state index in [1.165, 1.54) is 12.8 Å². The molecule has 0 bridgehead atoms. The molecule has 2 aromatic heterocycles. The number of carbonyl (C=O) groups excluding carboxylic acids is 1. The number of carbonyl (C=O) groups is 1. The molecule has 3 heterocycles. The maximum atomic E-state index is 13.0. The average Bonchev–Trinajstić information content (AvgIpc) is 2.98. The van der Waals surface area contributed by atoms with E-state index in [2.05, 4.69) is 36.0 Å². The first-order valence-electron chi connectivity index (χ1n) is 10.5. The summed E-state index contributed by atoms with van der Waals surface area (Å²) in [6.07, 6.45) is 4.28. The smallest absolute Gasteiger partial charge is 0.253 e. The van der Waals surface area contributed by atoms with Gasteiger partial charge in [0, 0.05) is 30.2 Å². The highest BCUT2D eigenvalue weighted by Gasteiger charge is 2.26. The van der Waals surface area contributed by atoms with E-state index in [1.54, 1.807) is 6.20 Å². The van der Waals surface area contributed by atoms with Crippen molar-refractivity contribution >= 4 is 5.91 Å². The van der Waals surface area contributed by atoms with E-state index in [1.807, 2.05) is 42.7 Å². The van der Waals surface area contributed by atoms with Crippen molar-refractivity contribution in [1.29, 1.82) is 0 Å². The molecule has 152 valence electrons. The fourth-order valence-corrected chi connectivity index (χ4v) is 4.27. The van der Waals surface area contributed by atoms with Gasteiger partial charge in [-0.2, -0.15) is 0 Å². The van der Waals surface area contributed by atoms with Crippen molar-refractivity contribution in [2.24, 2.45) is 11.8 Å². The highest BCUT2D eigenvalue weighted by Crippen LogP contribution is 2.22. The fourth-order valence-electron chi connectivity index (χ4n) is 4.27. The predicted molar refractivity (Wildman–Crippen MR) is 114 cm³/mol. The molecule has 1 fully saturated rings. The summed E-state index contributed by atoms with van der Waals surface area (Å²) in [4.78, 5) is 20.0. The van der Waals surface area contributed by atoms with Crippen LogP contribution in [-0.2, 0) is 0 Å². The van der Waals surface area contributed by atoms with Crippen LogP contribution in [0.4, 0.5) is 0 Å². The monoisotopic (exact) mass is 382 g/mol. The Balaban J connectivity index is 1.71. The Labute approximate surface area is 169 Å². The lowest BCUT2D eigenvalue weighted by atomic mass is 9.94. The van der Waals surface area contributed by atoms with Gasteiger partial charge in [-0.15, -0.1) is 0 Å². The van der Waals surface area contributed by atoms with Crippen molar-refractivity contribution in [3.63, 3.8) is 0 Å². The number of nitrogens with zero attached hydrogens (tertiary/aromatic N) is 3. The molecular formula is C23H34N4O. The van der Waals surface area contributed by atoms with Gasteiger partial charge in [-0.25, -0.2) is 4.98 Å². The zero-order valence-corrected chi connectivity index (χ0v) is 17.9. The van der Waals surface area contributed by atoms with Gasteiger partial charge in [-0.05, 0) is 69.8 Å². The van der Waals surface area contributed by atoms with Gasteiger partial charge < -0.3 is 9.88 Å². The molecule has 3 rings (SSSR count). The van der Waals surface area contributed by atoms with Crippen LogP contribution in [0.5, 0.6) is 0 Å². The molecule has 0 aromatic carbocycles. The second kappa shape index (κ2) is 8.91. The lowest BCUT2D eigenvalue weighted by Crippen LogP contribution is -2.49. The van der Waals surface area contributed by atoms with Crippen LogP contribution in [0.25, 0.3) is 5.82 Å². The quantitative estimate of drug-likeness (QED) is 0.822. The number of aromatic nitrogens is 2. The van der Waals surface area contributed by atoms with Crippen molar-refractivity contribution in [2.45, 2.75) is 53.5 Å². The third kappa shape index (κ3) is 4.46. The van der Waals surface area contributed by atoms with Crippen molar-refractivity contribution in [3.05, 3.63) is 47.4 Å². The molecule has 0 spiro atoms. The zero-order chi connectivity index (χ0) is 20.3. The predicted octanol–water partition coefficient (Wildman–Crippen LogP) is 3.98. The van der Waals surface area contributed by atoms with Crippen LogP contribution < -0.4 is 5.32 Å². The SMILES string of the molecule is Cc1cc(C(=O)NCC(C(C)C)N2CCC(C)CC2)c(C)n1-c1ccccn1. The van der Waals surface area contributed by atoms with Crippen molar-refractivity contribution in [3.8, 4) is 5.82 Å². The summed E-state index contributed by atoms with van der Waals surface area (Å²) in [6, 6.07) is 8.18. The number of pyridine rings is 1. The Morgan fingerprint density at radius 3 is 2.57 bits per heavy atom. The number of aryl methyl sites for hydroxylation is 1. The summed E-state index contributed by atoms with van der Waals surface area (Å²) in [7, 11) is 0. The highest BCUT2D eigenvalue weighted by molar-refractivity contribution is 5.95. The van der Waals surface area contributed by atoms with Crippen LogP contribution in [0, 0.1) is 25.7 Å². The number of piperidine rings is 1. The van der Waals surface area contributed by atoms with E-state index in [0.29, 0.717) is 18.5 Å². The first kappa shape index (κ1) is 20.6. The maximum absolute atomic E-state index is 13.0. The molecule has 28 heavy (non-hydrogen) atoms. The Morgan fingerprint density at radius 2 is 1.96 bits per heavy atom. The lowest BCUT2D eigenvalue weighted by Gasteiger charge is -2.38. The van der Waals surface area contributed by atoms with Gasteiger partial charge in [0.05, 0.1) is 5.56 Å². The lowest BCUT2D eigenvalue weighted by molar-refractivity contribution is 0.0862. The van der Waals surface area contributed by atoms with Crippen molar-refractivity contribution in [1.82, 2.24) is 19.8 Å². The molecule has 2 aromatic rings. The summed E-state index contributed by atoms with van der Waals surface area (Å²) in [5.74, 6) is 2.18. The largest absolute Gasteiger partial charge is 0.350 e. The Bertz CT molecular complexity index is 788. The molecule has 5 heteroatoms. The molecule has 0 aliphatic carbocycles. The first-order valence-corrected chi connectivity index (χ1v) is 10.5. The van der Waals surface area contributed by atoms with Crippen LogP contribution in [0.3, 0.4) is 0 Å². The number of rotatable bonds is 6. The molecule has 1 N–H and O–H groups in total. The topological polar surface area (TPSA) is 50.2 Å². The number of hydrogen-bond acceptors (Lipinski definition) is 3. The normalized spacial score (nSPS) is 17.1. The zero-order valence-electron chi connectivity index (χ0n) is 17.9. The number of nitrogens with one attached hydrogen (secondary N) is 1. The van der Waals surface area contributed by atoms with Gasteiger partial charge in [-0.3, -0.25) is 9.69 Å². The minimum Gasteiger partial charge on any atom is -0.350 e. The van der Waals surface area contributed by atoms with E-state index in [-0.39, 0.29) is 5.91 Å². The van der Waals surface area contributed by atoms with Gasteiger partial charge in [-0.1, -0.05) is 26.8 Å². The van der Waals surface area contributed by atoms with Gasteiger partial charge in [0.25, 0.3) is 5.91 Å². The third-order valence-electron chi connectivity index (χ3n) is 6.08. The first-order chi connectivity index (χ1) is 13.4. The van der Waals surface area contributed by atoms with Crippen LogP contribution in [-0.4, -0.2) is 46.0 Å². The van der Waals surface area contributed by atoms with Crippen LogP contribution in [0.15, 0.2) is 30.5 Å². The summed E-state index contributed by atoms with van der Waals surface area (Å²) in [5, 5.41) is 3.21. The van der Waals surface area contributed by atoms with E-state index >= 15 is 0 Å². The minimum absolute atomic E-state index is 0.00584. The van der Waals surface area contributed by atoms with E-state index in [9.17, 15) is 4.79 Å². The molecule has 0 radical (unpaired) electrons. The van der Waals surface area contributed by atoms with Crippen LogP contribution in [0.2, 0.25) is 0 Å². The molecule has 1 amide bonds. The standard InChI is InChI=1S/C23H34N4O/c1-16(2)21(26-12-9-17(3)10-13-26)15-25-23(28)20-14-18(4)27(19(20)5)22-8-6-7-11-24-22/h6-8,11,14,16-17,21H,9-10,12-13,15H2,1-5H3,(H,25,28). The van der Waals surface area contributed by atoms with E-state index in [0.717, 1.165) is 41.8 Å². The number of hydrogen-bond donors (Lipinski definition) is 1. The van der Waals surface area contributed by atoms with E-state index < -0.39 is 0 Å². The molecule has 5 nitrogen and oxygen atoms in total. The maximum Gasteiger partial charge on any atom is 0.253 e. The van der Waals surface area contributed by atoms with Gasteiger partial charge in [0.15, 0.2) is 0 Å². The summed E-state index contributed by atoms with van der Waals surface area (Å²) in [5.41, 5.74) is 2.69. The molecule has 1 unspecified atom stereocenters. The number of amides is 1. The van der Waals surface area contributed by atoms with Crippen LogP contribution >= 0.6 is 0 Å². The second-order valence-electron chi connectivity index (χ2n) is 8.55. The average molecular weight is 383 g/mol. The molecule has 1 aliphatic rings. The Hall–Kier alpha value is -2.14. The molecule has 1 atom stereocenters. The summed E-state index contributed by atoms with van der Waals surface area (Å²) >= 11 is 0. The van der Waals surface area contributed by atoms with Gasteiger partial charge in [0.1, 0.15) is 5.82 Å². The minimum atomic E-state index is 0.00584. The Morgan fingerprint density at radius 1 is 1.25 bits per heavy atom.